The number of nitrogens with zero attached hydrogens (tertiary/aromatic N) is 1. The van der Waals surface area contributed by atoms with Gasteiger partial charge in [-0.2, -0.15) is 5.26 Å². The highest BCUT2D eigenvalue weighted by molar-refractivity contribution is 9.10. The van der Waals surface area contributed by atoms with Crippen molar-refractivity contribution in [3.05, 3.63) is 34.3 Å². The van der Waals surface area contributed by atoms with Crippen LogP contribution in [0.15, 0.2) is 28.7 Å². The van der Waals surface area contributed by atoms with Crippen molar-refractivity contribution in [3.63, 3.8) is 0 Å². The van der Waals surface area contributed by atoms with Crippen molar-refractivity contribution >= 4 is 15.9 Å². The lowest BCUT2D eigenvalue weighted by molar-refractivity contribution is 0.541. The quantitative estimate of drug-likeness (QED) is 0.898. The molecule has 0 amide bonds. The summed E-state index contributed by atoms with van der Waals surface area (Å²) in [7, 11) is 0. The van der Waals surface area contributed by atoms with Gasteiger partial charge < -0.3 is 0 Å². The van der Waals surface area contributed by atoms with E-state index in [0.29, 0.717) is 0 Å². The number of rotatable bonds is 3. The standard InChI is InChI=1S/C11H13BrN2/c1-8(7-13)14-9(2)10-5-3-4-6-11(10)12/h3-6,8-9,14H,1-2H3/t8?,9-/m0/s1. The molecular formula is C11H13BrN2. The predicted molar refractivity (Wildman–Crippen MR) is 60.8 cm³/mol. The van der Waals surface area contributed by atoms with Crippen molar-refractivity contribution in [3.8, 4) is 6.07 Å². The van der Waals surface area contributed by atoms with Gasteiger partial charge in [-0.15, -0.1) is 0 Å². The van der Waals surface area contributed by atoms with Crippen LogP contribution in [0.2, 0.25) is 0 Å². The first kappa shape index (κ1) is 11.2. The molecule has 1 rings (SSSR count). The second-order valence-electron chi connectivity index (χ2n) is 3.26. The fourth-order valence-electron chi connectivity index (χ4n) is 1.33. The molecule has 14 heavy (non-hydrogen) atoms. The van der Waals surface area contributed by atoms with E-state index >= 15 is 0 Å². The first-order valence-corrected chi connectivity index (χ1v) is 5.34. The van der Waals surface area contributed by atoms with Gasteiger partial charge in [0.15, 0.2) is 0 Å². The third kappa shape index (κ3) is 2.83. The minimum Gasteiger partial charge on any atom is -0.295 e. The topological polar surface area (TPSA) is 35.8 Å². The Hall–Kier alpha value is -0.850. The lowest BCUT2D eigenvalue weighted by Gasteiger charge is -2.16. The van der Waals surface area contributed by atoms with Crippen LogP contribution in [0.25, 0.3) is 0 Å². The number of hydrogen-bond acceptors (Lipinski definition) is 2. The molecule has 0 saturated carbocycles. The van der Waals surface area contributed by atoms with E-state index in [9.17, 15) is 0 Å². The fourth-order valence-corrected chi connectivity index (χ4v) is 1.96. The molecule has 0 aromatic heterocycles. The molecule has 0 saturated heterocycles. The second-order valence-corrected chi connectivity index (χ2v) is 4.11. The third-order valence-electron chi connectivity index (χ3n) is 2.07. The van der Waals surface area contributed by atoms with Gasteiger partial charge in [-0.25, -0.2) is 0 Å². The van der Waals surface area contributed by atoms with Gasteiger partial charge in [-0.05, 0) is 25.5 Å². The van der Waals surface area contributed by atoms with Gasteiger partial charge in [0.25, 0.3) is 0 Å². The van der Waals surface area contributed by atoms with Gasteiger partial charge in [0.1, 0.15) is 0 Å². The van der Waals surface area contributed by atoms with Gasteiger partial charge in [0.2, 0.25) is 0 Å². The molecule has 0 heterocycles. The summed E-state index contributed by atoms with van der Waals surface area (Å²) in [5.74, 6) is 0. The number of halogens is 1. The predicted octanol–water partition coefficient (Wildman–Crippen LogP) is 3.01. The SMILES string of the molecule is CC(C#N)N[C@@H](C)c1ccccc1Br. The second kappa shape index (κ2) is 5.14. The lowest BCUT2D eigenvalue weighted by atomic mass is 10.1. The van der Waals surface area contributed by atoms with Crippen LogP contribution in [0, 0.1) is 11.3 Å². The Morgan fingerprint density at radius 1 is 1.36 bits per heavy atom. The summed E-state index contributed by atoms with van der Waals surface area (Å²) in [6.07, 6.45) is 0. The summed E-state index contributed by atoms with van der Waals surface area (Å²) in [5, 5.41) is 11.9. The Balaban J connectivity index is 2.75. The van der Waals surface area contributed by atoms with Crippen LogP contribution in [0.4, 0.5) is 0 Å². The average Bonchev–Trinajstić information content (AvgIpc) is 2.18. The molecule has 0 aliphatic rings. The van der Waals surface area contributed by atoms with E-state index in [4.69, 9.17) is 5.26 Å². The maximum absolute atomic E-state index is 8.68. The van der Waals surface area contributed by atoms with Gasteiger partial charge >= 0.3 is 0 Å². The molecule has 0 bridgehead atoms. The number of benzene rings is 1. The number of hydrogen-bond donors (Lipinski definition) is 1. The maximum atomic E-state index is 8.68. The summed E-state index contributed by atoms with van der Waals surface area (Å²) in [6, 6.07) is 10.2. The van der Waals surface area contributed by atoms with Crippen molar-refractivity contribution in [2.24, 2.45) is 0 Å². The molecule has 74 valence electrons. The van der Waals surface area contributed by atoms with E-state index in [1.807, 2.05) is 38.1 Å². The lowest BCUT2D eigenvalue weighted by Crippen LogP contribution is -2.27. The van der Waals surface area contributed by atoms with Crippen LogP contribution in [-0.2, 0) is 0 Å². The molecule has 1 unspecified atom stereocenters. The van der Waals surface area contributed by atoms with Crippen molar-refractivity contribution in [2.75, 3.05) is 0 Å². The van der Waals surface area contributed by atoms with E-state index in [-0.39, 0.29) is 12.1 Å². The van der Waals surface area contributed by atoms with Gasteiger partial charge in [-0.1, -0.05) is 34.1 Å². The van der Waals surface area contributed by atoms with E-state index in [1.54, 1.807) is 0 Å². The highest BCUT2D eigenvalue weighted by atomic mass is 79.9. The molecule has 2 atom stereocenters. The minimum absolute atomic E-state index is 0.128. The van der Waals surface area contributed by atoms with Crippen LogP contribution in [-0.4, -0.2) is 6.04 Å². The molecule has 0 aliphatic heterocycles. The van der Waals surface area contributed by atoms with Crippen molar-refractivity contribution in [2.45, 2.75) is 25.9 Å². The zero-order valence-electron chi connectivity index (χ0n) is 8.29. The maximum Gasteiger partial charge on any atom is 0.0929 e. The fraction of sp³-hybridized carbons (Fsp3) is 0.364. The van der Waals surface area contributed by atoms with Crippen LogP contribution >= 0.6 is 15.9 Å². The molecule has 0 spiro atoms. The van der Waals surface area contributed by atoms with Gasteiger partial charge in [0, 0.05) is 10.5 Å². The van der Waals surface area contributed by atoms with E-state index < -0.39 is 0 Å². The summed E-state index contributed by atoms with van der Waals surface area (Å²) in [5.41, 5.74) is 1.18. The minimum atomic E-state index is -0.128. The van der Waals surface area contributed by atoms with Gasteiger partial charge in [-0.3, -0.25) is 5.32 Å². The molecule has 1 aromatic rings. The Morgan fingerprint density at radius 2 is 2.00 bits per heavy atom. The summed E-state index contributed by atoms with van der Waals surface area (Å²) >= 11 is 3.49. The highest BCUT2D eigenvalue weighted by Gasteiger charge is 2.10. The molecule has 0 aliphatic carbocycles. The van der Waals surface area contributed by atoms with E-state index in [0.717, 1.165) is 4.47 Å². The third-order valence-corrected chi connectivity index (χ3v) is 2.79. The number of nitriles is 1. The van der Waals surface area contributed by atoms with Crippen LogP contribution in [0.5, 0.6) is 0 Å². The average molecular weight is 253 g/mol. The van der Waals surface area contributed by atoms with Crippen LogP contribution in [0.1, 0.15) is 25.5 Å². The monoisotopic (exact) mass is 252 g/mol. The Kier molecular flexibility index (Phi) is 4.12. The Morgan fingerprint density at radius 3 is 2.57 bits per heavy atom. The zero-order valence-corrected chi connectivity index (χ0v) is 9.88. The summed E-state index contributed by atoms with van der Waals surface area (Å²) < 4.78 is 1.07. The molecular weight excluding hydrogens is 240 g/mol. The van der Waals surface area contributed by atoms with Crippen molar-refractivity contribution in [1.29, 1.82) is 5.26 Å². The molecule has 1 aromatic carbocycles. The number of nitrogens with one attached hydrogen (secondary N) is 1. The molecule has 0 fully saturated rings. The van der Waals surface area contributed by atoms with Crippen LogP contribution in [0.3, 0.4) is 0 Å². The van der Waals surface area contributed by atoms with Gasteiger partial charge in [0.05, 0.1) is 12.1 Å². The first-order chi connectivity index (χ1) is 6.65. The summed E-state index contributed by atoms with van der Waals surface area (Å²) in [4.78, 5) is 0. The Labute approximate surface area is 93.1 Å². The zero-order chi connectivity index (χ0) is 10.6. The highest BCUT2D eigenvalue weighted by Crippen LogP contribution is 2.22. The normalized spacial score (nSPS) is 14.4. The smallest absolute Gasteiger partial charge is 0.0929 e. The van der Waals surface area contributed by atoms with Crippen LogP contribution < -0.4 is 5.32 Å². The first-order valence-electron chi connectivity index (χ1n) is 4.55. The van der Waals surface area contributed by atoms with Crippen molar-refractivity contribution in [1.82, 2.24) is 5.32 Å². The molecule has 0 radical (unpaired) electrons. The molecule has 1 N–H and O–H groups in total. The van der Waals surface area contributed by atoms with E-state index in [2.05, 4.69) is 27.3 Å². The summed E-state index contributed by atoms with van der Waals surface area (Å²) in [6.45, 7) is 3.90. The molecule has 3 heteroatoms. The van der Waals surface area contributed by atoms with Crippen molar-refractivity contribution < 1.29 is 0 Å². The Bertz CT molecular complexity index is 343. The molecule has 2 nitrogen and oxygen atoms in total. The largest absolute Gasteiger partial charge is 0.295 e. The van der Waals surface area contributed by atoms with E-state index in [1.165, 1.54) is 5.56 Å².